The van der Waals surface area contributed by atoms with Crippen molar-refractivity contribution in [3.8, 4) is 5.75 Å². The Morgan fingerprint density at radius 1 is 1.03 bits per heavy atom. The number of carboxylic acid groups (broad SMARTS) is 1. The summed E-state index contributed by atoms with van der Waals surface area (Å²) in [6.07, 6.45) is 0.937. The number of aromatic amines is 1. The van der Waals surface area contributed by atoms with Gasteiger partial charge in [0.05, 0.1) is 13.2 Å². The van der Waals surface area contributed by atoms with Crippen LogP contribution < -0.4 is 15.6 Å². The number of ketones is 1. The maximum atomic E-state index is 12.9. The smallest absolute Gasteiger partial charge is 0.303 e. The number of aliphatic carboxylic acids is 1. The number of benzene rings is 2. The summed E-state index contributed by atoms with van der Waals surface area (Å²) in [6, 6.07) is 15.9. The van der Waals surface area contributed by atoms with Crippen LogP contribution in [0.15, 0.2) is 65.6 Å². The van der Waals surface area contributed by atoms with E-state index in [1.807, 2.05) is 42.5 Å². The van der Waals surface area contributed by atoms with E-state index in [2.05, 4.69) is 15.3 Å². The van der Waals surface area contributed by atoms with Gasteiger partial charge in [0.2, 0.25) is 0 Å². The Morgan fingerprint density at radius 3 is 2.30 bits per heavy atom. The van der Waals surface area contributed by atoms with Gasteiger partial charge in [-0.3, -0.25) is 19.2 Å². The first kappa shape index (κ1) is 23.4. The third-order valence-corrected chi connectivity index (χ3v) is 4.96. The number of carbonyl (C=O) groups excluding carboxylic acids is 2. The number of aromatic nitrogens is 2. The lowest BCUT2D eigenvalue weighted by Gasteiger charge is -2.20. The number of rotatable bonds is 10. The normalized spacial score (nSPS) is 11.4. The number of Topliss-reactive ketones (excluding diaryl/α,β-unsaturated/α-hetero) is 1. The van der Waals surface area contributed by atoms with E-state index in [9.17, 15) is 19.2 Å². The van der Waals surface area contributed by atoms with Gasteiger partial charge in [-0.2, -0.15) is 0 Å². The van der Waals surface area contributed by atoms with Crippen molar-refractivity contribution in [3.63, 3.8) is 0 Å². The number of carbonyl (C=O) groups is 3. The SMILES string of the molecule is COc1ccc([C@H](NC(=O)c2cnc(C(=O)CCCC(=O)O)[nH]c2=O)c2ccccc2)cc1. The molecule has 0 radical (unpaired) electrons. The molecule has 0 saturated heterocycles. The number of methoxy groups -OCH3 is 1. The van der Waals surface area contributed by atoms with Crippen molar-refractivity contribution in [1.82, 2.24) is 15.3 Å². The Balaban J connectivity index is 1.81. The highest BCUT2D eigenvalue weighted by Gasteiger charge is 2.21. The lowest BCUT2D eigenvalue weighted by Crippen LogP contribution is -2.34. The Morgan fingerprint density at radius 2 is 1.70 bits per heavy atom. The van der Waals surface area contributed by atoms with Crippen molar-refractivity contribution in [1.29, 1.82) is 0 Å². The monoisotopic (exact) mass is 449 g/mol. The van der Waals surface area contributed by atoms with E-state index in [4.69, 9.17) is 9.84 Å². The molecule has 170 valence electrons. The molecule has 2 aromatic carbocycles. The molecule has 9 nitrogen and oxygen atoms in total. The Hall–Kier alpha value is -4.27. The molecule has 1 heterocycles. The first-order valence-electron chi connectivity index (χ1n) is 10.2. The fourth-order valence-corrected chi connectivity index (χ4v) is 3.23. The van der Waals surface area contributed by atoms with E-state index in [0.717, 1.165) is 17.3 Å². The van der Waals surface area contributed by atoms with Crippen LogP contribution in [-0.2, 0) is 4.79 Å². The lowest BCUT2D eigenvalue weighted by molar-refractivity contribution is -0.137. The van der Waals surface area contributed by atoms with Crippen LogP contribution in [0.4, 0.5) is 0 Å². The van der Waals surface area contributed by atoms with Gasteiger partial charge in [-0.15, -0.1) is 0 Å². The molecule has 3 aromatic rings. The minimum Gasteiger partial charge on any atom is -0.497 e. The Kier molecular flexibility index (Phi) is 7.69. The van der Waals surface area contributed by atoms with Crippen molar-refractivity contribution in [3.05, 3.63) is 93.7 Å². The second kappa shape index (κ2) is 10.9. The molecular weight excluding hydrogens is 426 g/mol. The second-order valence-corrected chi connectivity index (χ2v) is 7.24. The van der Waals surface area contributed by atoms with E-state index in [1.54, 1.807) is 19.2 Å². The molecule has 0 fully saturated rings. The van der Waals surface area contributed by atoms with Gasteiger partial charge in [0.1, 0.15) is 11.3 Å². The van der Waals surface area contributed by atoms with Gasteiger partial charge in [-0.05, 0) is 29.7 Å². The van der Waals surface area contributed by atoms with E-state index in [0.29, 0.717) is 5.75 Å². The van der Waals surface area contributed by atoms with Crippen LogP contribution in [0.1, 0.15) is 57.4 Å². The molecule has 0 aliphatic carbocycles. The minimum absolute atomic E-state index is 0.0751. The molecule has 9 heteroatoms. The summed E-state index contributed by atoms with van der Waals surface area (Å²) in [7, 11) is 1.56. The Labute approximate surface area is 189 Å². The number of ether oxygens (including phenoxy) is 1. The number of amides is 1. The zero-order chi connectivity index (χ0) is 23.8. The first-order chi connectivity index (χ1) is 15.9. The van der Waals surface area contributed by atoms with E-state index >= 15 is 0 Å². The third-order valence-electron chi connectivity index (χ3n) is 4.96. The van der Waals surface area contributed by atoms with Crippen molar-refractivity contribution in [2.75, 3.05) is 7.11 Å². The topological polar surface area (TPSA) is 138 Å². The van der Waals surface area contributed by atoms with Crippen LogP contribution in [0.25, 0.3) is 0 Å². The van der Waals surface area contributed by atoms with E-state index in [1.165, 1.54) is 0 Å². The van der Waals surface area contributed by atoms with Crippen LogP contribution in [0.5, 0.6) is 5.75 Å². The number of hydrogen-bond donors (Lipinski definition) is 3. The maximum absolute atomic E-state index is 12.9. The van der Waals surface area contributed by atoms with Crippen LogP contribution in [-0.4, -0.2) is 39.8 Å². The van der Waals surface area contributed by atoms with Gasteiger partial charge in [0, 0.05) is 19.0 Å². The molecule has 0 saturated carbocycles. The summed E-state index contributed by atoms with van der Waals surface area (Å²) < 4.78 is 5.19. The van der Waals surface area contributed by atoms with Gasteiger partial charge in [0.25, 0.3) is 11.5 Å². The number of nitrogens with zero attached hydrogens (tertiary/aromatic N) is 1. The number of hydrogen-bond acceptors (Lipinski definition) is 6. The van der Waals surface area contributed by atoms with Gasteiger partial charge in [-0.25, -0.2) is 4.98 Å². The second-order valence-electron chi connectivity index (χ2n) is 7.24. The molecule has 3 rings (SSSR count). The number of nitrogens with one attached hydrogen (secondary N) is 2. The third kappa shape index (κ3) is 6.13. The first-order valence-corrected chi connectivity index (χ1v) is 10.2. The summed E-state index contributed by atoms with van der Waals surface area (Å²) in [5.41, 5.74) is 0.591. The molecule has 0 aliphatic rings. The standard InChI is InChI=1S/C24H23N3O6/c1-33-17-12-10-16(11-13-17)21(15-6-3-2-4-7-15)26-23(31)18-14-25-22(27-24(18)32)19(28)8-5-9-20(29)30/h2-4,6-7,10-14,21H,5,8-9H2,1H3,(H,26,31)(H,29,30)(H,25,27,32)/t21-/m1/s1. The van der Waals surface area contributed by atoms with Crippen LogP contribution in [0, 0.1) is 0 Å². The van der Waals surface area contributed by atoms with Crippen LogP contribution >= 0.6 is 0 Å². The van der Waals surface area contributed by atoms with Crippen LogP contribution in [0.2, 0.25) is 0 Å². The van der Waals surface area contributed by atoms with E-state index < -0.39 is 29.3 Å². The average molecular weight is 449 g/mol. The fourth-order valence-electron chi connectivity index (χ4n) is 3.23. The average Bonchev–Trinajstić information content (AvgIpc) is 2.82. The summed E-state index contributed by atoms with van der Waals surface area (Å²) >= 11 is 0. The minimum atomic E-state index is -1.01. The molecule has 0 unspecified atom stereocenters. The highest BCUT2D eigenvalue weighted by atomic mass is 16.5. The van der Waals surface area contributed by atoms with Gasteiger partial charge in [-0.1, -0.05) is 42.5 Å². The number of carboxylic acids is 1. The highest BCUT2D eigenvalue weighted by Crippen LogP contribution is 2.24. The lowest BCUT2D eigenvalue weighted by atomic mass is 9.98. The summed E-state index contributed by atoms with van der Waals surface area (Å²) in [5, 5.41) is 11.5. The largest absolute Gasteiger partial charge is 0.497 e. The molecule has 1 amide bonds. The highest BCUT2D eigenvalue weighted by molar-refractivity contribution is 5.95. The fraction of sp³-hybridized carbons (Fsp3) is 0.208. The summed E-state index contributed by atoms with van der Waals surface area (Å²) in [6.45, 7) is 0. The zero-order valence-corrected chi connectivity index (χ0v) is 17.9. The molecule has 33 heavy (non-hydrogen) atoms. The molecule has 1 aromatic heterocycles. The van der Waals surface area contributed by atoms with Gasteiger partial charge in [0.15, 0.2) is 11.6 Å². The zero-order valence-electron chi connectivity index (χ0n) is 17.9. The molecule has 0 bridgehead atoms. The summed E-state index contributed by atoms with van der Waals surface area (Å²) in [5.74, 6) is -1.71. The molecule has 0 spiro atoms. The quantitative estimate of drug-likeness (QED) is 0.405. The number of H-pyrrole nitrogens is 1. The molecule has 1 atom stereocenters. The predicted octanol–water partition coefficient (Wildman–Crippen LogP) is 2.74. The molecule has 0 aliphatic heterocycles. The van der Waals surface area contributed by atoms with E-state index in [-0.39, 0.29) is 30.7 Å². The summed E-state index contributed by atoms with van der Waals surface area (Å²) in [4.78, 5) is 54.3. The van der Waals surface area contributed by atoms with Gasteiger partial charge >= 0.3 is 5.97 Å². The van der Waals surface area contributed by atoms with Crippen molar-refractivity contribution < 1.29 is 24.2 Å². The van der Waals surface area contributed by atoms with Crippen molar-refractivity contribution >= 4 is 17.7 Å². The Bertz CT molecular complexity index is 1190. The predicted molar refractivity (Wildman–Crippen MR) is 119 cm³/mol. The maximum Gasteiger partial charge on any atom is 0.303 e. The molecular formula is C24H23N3O6. The van der Waals surface area contributed by atoms with Gasteiger partial charge < -0.3 is 20.1 Å². The van der Waals surface area contributed by atoms with Crippen molar-refractivity contribution in [2.24, 2.45) is 0 Å². The molecule has 3 N–H and O–H groups in total. The van der Waals surface area contributed by atoms with Crippen molar-refractivity contribution in [2.45, 2.75) is 25.3 Å². The van der Waals surface area contributed by atoms with Crippen LogP contribution in [0.3, 0.4) is 0 Å².